The van der Waals surface area contributed by atoms with Crippen molar-refractivity contribution in [3.8, 4) is 0 Å². The van der Waals surface area contributed by atoms with E-state index in [0.29, 0.717) is 6.54 Å². The molecule has 0 aliphatic rings. The van der Waals surface area contributed by atoms with Gasteiger partial charge in [-0.3, -0.25) is 4.79 Å². The van der Waals surface area contributed by atoms with Crippen molar-refractivity contribution in [3.05, 3.63) is 60.1 Å². The van der Waals surface area contributed by atoms with Crippen molar-refractivity contribution >= 4 is 17.7 Å². The van der Waals surface area contributed by atoms with Crippen molar-refractivity contribution in [2.45, 2.75) is 11.9 Å². The molecule has 0 radical (unpaired) electrons. The molecule has 0 spiro atoms. The lowest BCUT2D eigenvalue weighted by Crippen LogP contribution is -2.32. The Hall–Kier alpha value is -1.72. The quantitative estimate of drug-likeness (QED) is 0.762. The third-order valence-electron chi connectivity index (χ3n) is 2.95. The summed E-state index contributed by atoms with van der Waals surface area (Å²) >= 11 is 1.72. The van der Waals surface area contributed by atoms with Gasteiger partial charge in [0.1, 0.15) is 5.76 Å². The molecule has 0 saturated carbocycles. The third-order valence-corrected chi connectivity index (χ3v) is 3.93. The predicted molar refractivity (Wildman–Crippen MR) is 84.1 cm³/mol. The summed E-state index contributed by atoms with van der Waals surface area (Å²) < 4.78 is 10.5. The van der Waals surface area contributed by atoms with Crippen molar-refractivity contribution < 1.29 is 13.9 Å². The van der Waals surface area contributed by atoms with Gasteiger partial charge in [0.25, 0.3) is 5.91 Å². The second-order valence-corrected chi connectivity index (χ2v) is 5.55. The molecule has 1 heterocycles. The first-order chi connectivity index (χ1) is 10.3. The van der Waals surface area contributed by atoms with Crippen LogP contribution in [0.3, 0.4) is 0 Å². The standard InChI is InChI=1S/C16H19NO3S/c1-19-15(13-6-3-2-4-7-13)16(18)17-9-11-21-12-14-8-5-10-20-14/h2-8,10,15H,9,11-12H2,1H3,(H,17,18)/t15-/m0/s1. The van der Waals surface area contributed by atoms with Crippen LogP contribution in [0.4, 0.5) is 0 Å². The monoisotopic (exact) mass is 305 g/mol. The van der Waals surface area contributed by atoms with Crippen LogP contribution in [0.2, 0.25) is 0 Å². The Kier molecular flexibility index (Phi) is 6.37. The summed E-state index contributed by atoms with van der Waals surface area (Å²) in [6.07, 6.45) is 1.11. The van der Waals surface area contributed by atoms with E-state index < -0.39 is 6.10 Å². The van der Waals surface area contributed by atoms with Crippen LogP contribution in [0.5, 0.6) is 0 Å². The zero-order valence-electron chi connectivity index (χ0n) is 12.0. The van der Waals surface area contributed by atoms with Gasteiger partial charge < -0.3 is 14.5 Å². The predicted octanol–water partition coefficient (Wildman–Crippen LogP) is 3.02. The fraction of sp³-hybridized carbons (Fsp3) is 0.312. The molecule has 0 saturated heterocycles. The maximum atomic E-state index is 12.1. The zero-order valence-corrected chi connectivity index (χ0v) is 12.8. The van der Waals surface area contributed by atoms with E-state index in [1.807, 2.05) is 42.5 Å². The van der Waals surface area contributed by atoms with Crippen LogP contribution in [0, 0.1) is 0 Å². The molecule has 4 nitrogen and oxygen atoms in total. The van der Waals surface area contributed by atoms with Crippen LogP contribution in [-0.4, -0.2) is 25.3 Å². The van der Waals surface area contributed by atoms with E-state index in [1.54, 1.807) is 25.1 Å². The average Bonchev–Trinajstić information content (AvgIpc) is 3.02. The normalized spacial score (nSPS) is 12.0. The summed E-state index contributed by atoms with van der Waals surface area (Å²) in [5.41, 5.74) is 0.862. The number of rotatable bonds is 8. The molecule has 112 valence electrons. The Morgan fingerprint density at radius 2 is 2.10 bits per heavy atom. The van der Waals surface area contributed by atoms with Crippen molar-refractivity contribution in [1.29, 1.82) is 0 Å². The summed E-state index contributed by atoms with van der Waals surface area (Å²) in [5, 5.41) is 2.90. The van der Waals surface area contributed by atoms with E-state index in [4.69, 9.17) is 9.15 Å². The van der Waals surface area contributed by atoms with Crippen LogP contribution in [0.1, 0.15) is 17.4 Å². The summed E-state index contributed by atoms with van der Waals surface area (Å²) in [6.45, 7) is 0.608. The van der Waals surface area contributed by atoms with Crippen LogP contribution in [-0.2, 0) is 15.3 Å². The van der Waals surface area contributed by atoms with Gasteiger partial charge in [0, 0.05) is 19.4 Å². The van der Waals surface area contributed by atoms with Crippen LogP contribution < -0.4 is 5.32 Å². The molecular formula is C16H19NO3S. The molecule has 0 unspecified atom stereocenters. The molecular weight excluding hydrogens is 286 g/mol. The van der Waals surface area contributed by atoms with Crippen molar-refractivity contribution in [2.24, 2.45) is 0 Å². The first-order valence-electron chi connectivity index (χ1n) is 6.77. The van der Waals surface area contributed by atoms with E-state index in [0.717, 1.165) is 22.8 Å². The number of nitrogens with one attached hydrogen (secondary N) is 1. The van der Waals surface area contributed by atoms with Crippen molar-refractivity contribution in [3.63, 3.8) is 0 Å². The molecule has 1 aromatic heterocycles. The third kappa shape index (κ3) is 4.95. The van der Waals surface area contributed by atoms with E-state index in [2.05, 4.69) is 5.32 Å². The van der Waals surface area contributed by atoms with Crippen LogP contribution >= 0.6 is 11.8 Å². The molecule has 0 bridgehead atoms. The summed E-state index contributed by atoms with van der Waals surface area (Å²) in [7, 11) is 1.54. The Bertz CT molecular complexity index is 528. The minimum absolute atomic E-state index is 0.109. The maximum Gasteiger partial charge on any atom is 0.253 e. The molecule has 2 aromatic rings. The van der Waals surface area contributed by atoms with Gasteiger partial charge in [-0.05, 0) is 17.7 Å². The van der Waals surface area contributed by atoms with Gasteiger partial charge in [-0.1, -0.05) is 30.3 Å². The average molecular weight is 305 g/mol. The van der Waals surface area contributed by atoms with Gasteiger partial charge >= 0.3 is 0 Å². The second kappa shape index (κ2) is 8.54. The molecule has 0 aliphatic heterocycles. The van der Waals surface area contributed by atoms with Gasteiger partial charge in [0.15, 0.2) is 6.10 Å². The summed E-state index contributed by atoms with van der Waals surface area (Å²) in [4.78, 5) is 12.1. The molecule has 21 heavy (non-hydrogen) atoms. The van der Waals surface area contributed by atoms with E-state index >= 15 is 0 Å². The first-order valence-corrected chi connectivity index (χ1v) is 7.92. The number of methoxy groups -OCH3 is 1. The Morgan fingerprint density at radius 3 is 2.76 bits per heavy atom. The zero-order chi connectivity index (χ0) is 14.9. The Labute approximate surface area is 128 Å². The number of carbonyl (C=O) groups excluding carboxylic acids is 1. The van der Waals surface area contributed by atoms with E-state index in [-0.39, 0.29) is 5.91 Å². The van der Waals surface area contributed by atoms with E-state index in [1.165, 1.54) is 0 Å². The van der Waals surface area contributed by atoms with Crippen molar-refractivity contribution in [1.82, 2.24) is 5.32 Å². The van der Waals surface area contributed by atoms with Gasteiger partial charge in [-0.15, -0.1) is 0 Å². The van der Waals surface area contributed by atoms with Crippen LogP contribution in [0.25, 0.3) is 0 Å². The molecule has 1 N–H and O–H groups in total. The number of thioether (sulfide) groups is 1. The molecule has 1 atom stereocenters. The minimum atomic E-state index is -0.554. The first kappa shape index (κ1) is 15.7. The number of hydrogen-bond acceptors (Lipinski definition) is 4. The lowest BCUT2D eigenvalue weighted by Gasteiger charge is -2.15. The topological polar surface area (TPSA) is 51.5 Å². The summed E-state index contributed by atoms with van der Waals surface area (Å²) in [5.74, 6) is 2.49. The van der Waals surface area contributed by atoms with Crippen LogP contribution in [0.15, 0.2) is 53.1 Å². The highest BCUT2D eigenvalue weighted by Crippen LogP contribution is 2.16. The molecule has 0 fully saturated rings. The van der Waals surface area contributed by atoms with Gasteiger partial charge in [0.2, 0.25) is 0 Å². The van der Waals surface area contributed by atoms with Gasteiger partial charge in [0.05, 0.1) is 12.0 Å². The summed E-state index contributed by atoms with van der Waals surface area (Å²) in [6, 6.07) is 13.3. The Morgan fingerprint density at radius 1 is 1.29 bits per heavy atom. The molecule has 2 rings (SSSR count). The molecule has 1 amide bonds. The number of furan rings is 1. The largest absolute Gasteiger partial charge is 0.468 e. The molecule has 0 aliphatic carbocycles. The molecule has 1 aromatic carbocycles. The van der Waals surface area contributed by atoms with Gasteiger partial charge in [-0.2, -0.15) is 11.8 Å². The van der Waals surface area contributed by atoms with E-state index in [9.17, 15) is 4.79 Å². The highest BCUT2D eigenvalue weighted by atomic mass is 32.2. The van der Waals surface area contributed by atoms with Crippen molar-refractivity contribution in [2.75, 3.05) is 19.4 Å². The number of ether oxygens (including phenoxy) is 1. The lowest BCUT2D eigenvalue weighted by atomic mass is 10.1. The number of carbonyl (C=O) groups is 1. The maximum absolute atomic E-state index is 12.1. The smallest absolute Gasteiger partial charge is 0.253 e. The minimum Gasteiger partial charge on any atom is -0.468 e. The highest BCUT2D eigenvalue weighted by molar-refractivity contribution is 7.98. The fourth-order valence-electron chi connectivity index (χ4n) is 1.93. The number of benzene rings is 1. The molecule has 5 heteroatoms. The number of amides is 1. The highest BCUT2D eigenvalue weighted by Gasteiger charge is 2.18. The SMILES string of the molecule is CO[C@H](C(=O)NCCSCc1ccco1)c1ccccc1. The fourth-order valence-corrected chi connectivity index (χ4v) is 2.69. The lowest BCUT2D eigenvalue weighted by molar-refractivity contribution is -0.131. The second-order valence-electron chi connectivity index (χ2n) is 4.45. The van der Waals surface area contributed by atoms with Gasteiger partial charge in [-0.25, -0.2) is 0 Å². The number of hydrogen-bond donors (Lipinski definition) is 1. The Balaban J connectivity index is 1.70.